The summed E-state index contributed by atoms with van der Waals surface area (Å²) in [5.41, 5.74) is 0.892. The van der Waals surface area contributed by atoms with E-state index in [1.54, 1.807) is 6.20 Å². The number of hydrogen-bond donors (Lipinski definition) is 1. The molecular formula is C20H21F4N5O. The molecule has 1 N–H and O–H groups in total. The van der Waals surface area contributed by atoms with Gasteiger partial charge in [0, 0.05) is 18.7 Å². The second kappa shape index (κ2) is 7.41. The van der Waals surface area contributed by atoms with E-state index in [-0.39, 0.29) is 22.4 Å². The van der Waals surface area contributed by atoms with E-state index in [2.05, 4.69) is 43.6 Å². The average molecular weight is 423 g/mol. The van der Waals surface area contributed by atoms with Gasteiger partial charge in [0.1, 0.15) is 11.3 Å². The van der Waals surface area contributed by atoms with Crippen LogP contribution < -0.4 is 9.64 Å². The predicted molar refractivity (Wildman–Crippen MR) is 104 cm³/mol. The van der Waals surface area contributed by atoms with Gasteiger partial charge in [0.05, 0.1) is 11.9 Å². The third kappa shape index (κ3) is 3.90. The van der Waals surface area contributed by atoms with Crippen LogP contribution in [0.3, 0.4) is 0 Å². The van der Waals surface area contributed by atoms with Crippen molar-refractivity contribution in [3.8, 4) is 17.0 Å². The van der Waals surface area contributed by atoms with Crippen LogP contribution in [0.1, 0.15) is 33.1 Å². The average Bonchev–Trinajstić information content (AvgIpc) is 3.12. The number of aromatic amines is 1. The Hall–Kier alpha value is -2.91. The van der Waals surface area contributed by atoms with Crippen LogP contribution in [0.2, 0.25) is 0 Å². The standard InChI is InChI=1S/C20H21F4N5O/c1-3-19(2)7-9-29(10-8-19)14-11-25-17-16(27-28-18(17)26-14)12-5-4-6-13(15(12)21)30-20(22,23)24/h4-6,11H,3,7-10H2,1-2H3,(H,26,27,28). The van der Waals surface area contributed by atoms with E-state index in [0.29, 0.717) is 11.2 Å². The molecule has 160 valence electrons. The molecule has 6 nitrogen and oxygen atoms in total. The highest BCUT2D eigenvalue weighted by Gasteiger charge is 2.33. The van der Waals surface area contributed by atoms with Gasteiger partial charge >= 0.3 is 6.36 Å². The molecule has 0 unspecified atom stereocenters. The van der Waals surface area contributed by atoms with Gasteiger partial charge in [0.25, 0.3) is 0 Å². The second-order valence-corrected chi connectivity index (χ2v) is 7.82. The first-order valence-corrected chi connectivity index (χ1v) is 9.70. The lowest BCUT2D eigenvalue weighted by atomic mass is 9.78. The van der Waals surface area contributed by atoms with Gasteiger partial charge < -0.3 is 9.64 Å². The van der Waals surface area contributed by atoms with Crippen LogP contribution in [0.25, 0.3) is 22.4 Å². The molecule has 1 aromatic carbocycles. The first-order valence-electron chi connectivity index (χ1n) is 9.70. The molecule has 2 aromatic heterocycles. The van der Waals surface area contributed by atoms with Crippen molar-refractivity contribution in [2.24, 2.45) is 5.41 Å². The SMILES string of the molecule is CCC1(C)CCN(c2cnc3c(-c4cccc(OC(F)(F)F)c4F)[nH]nc3n2)CC1. The monoisotopic (exact) mass is 423 g/mol. The molecule has 0 aliphatic carbocycles. The molecule has 1 aliphatic rings. The highest BCUT2D eigenvalue weighted by atomic mass is 19.4. The minimum absolute atomic E-state index is 0.127. The molecule has 3 heterocycles. The fourth-order valence-corrected chi connectivity index (χ4v) is 3.66. The Balaban J connectivity index is 1.63. The third-order valence-electron chi connectivity index (χ3n) is 5.86. The molecule has 0 bridgehead atoms. The van der Waals surface area contributed by atoms with Gasteiger partial charge in [0.2, 0.25) is 5.65 Å². The number of fused-ring (bicyclic) bond motifs is 1. The van der Waals surface area contributed by atoms with Crippen LogP contribution in [-0.4, -0.2) is 39.6 Å². The van der Waals surface area contributed by atoms with Crippen LogP contribution in [-0.2, 0) is 0 Å². The van der Waals surface area contributed by atoms with Gasteiger partial charge in [-0.1, -0.05) is 26.3 Å². The van der Waals surface area contributed by atoms with E-state index in [0.717, 1.165) is 38.4 Å². The number of ether oxygens (including phenoxy) is 1. The quantitative estimate of drug-likeness (QED) is 0.593. The number of H-pyrrole nitrogens is 1. The lowest BCUT2D eigenvalue weighted by Crippen LogP contribution is -2.38. The summed E-state index contributed by atoms with van der Waals surface area (Å²) in [6, 6.07) is 3.51. The zero-order valence-corrected chi connectivity index (χ0v) is 16.6. The number of halogens is 4. The first kappa shape index (κ1) is 20.4. The maximum atomic E-state index is 14.6. The summed E-state index contributed by atoms with van der Waals surface area (Å²) < 4.78 is 55.9. The van der Waals surface area contributed by atoms with Gasteiger partial charge in [-0.05, 0) is 30.4 Å². The Kier molecular flexibility index (Phi) is 5.03. The van der Waals surface area contributed by atoms with Crippen LogP contribution in [0.4, 0.5) is 23.4 Å². The Morgan fingerprint density at radius 1 is 1.23 bits per heavy atom. The van der Waals surface area contributed by atoms with Crippen LogP contribution in [0, 0.1) is 11.2 Å². The number of rotatable bonds is 4. The first-order chi connectivity index (χ1) is 14.2. The van der Waals surface area contributed by atoms with Crippen molar-refractivity contribution >= 4 is 17.0 Å². The fraction of sp³-hybridized carbons (Fsp3) is 0.450. The number of nitrogens with one attached hydrogen (secondary N) is 1. The Bertz CT molecular complexity index is 1060. The largest absolute Gasteiger partial charge is 0.573 e. The van der Waals surface area contributed by atoms with E-state index in [1.807, 2.05) is 0 Å². The van der Waals surface area contributed by atoms with Crippen molar-refractivity contribution in [2.45, 2.75) is 39.5 Å². The minimum Gasteiger partial charge on any atom is -0.403 e. The van der Waals surface area contributed by atoms with Crippen molar-refractivity contribution < 1.29 is 22.3 Å². The number of benzene rings is 1. The number of alkyl halides is 3. The molecule has 0 amide bonds. The highest BCUT2D eigenvalue weighted by molar-refractivity contribution is 5.88. The highest BCUT2D eigenvalue weighted by Crippen LogP contribution is 2.36. The van der Waals surface area contributed by atoms with E-state index in [9.17, 15) is 17.6 Å². The molecule has 0 spiro atoms. The molecule has 4 rings (SSSR count). The van der Waals surface area contributed by atoms with Crippen molar-refractivity contribution in [1.29, 1.82) is 0 Å². The number of piperidine rings is 1. The summed E-state index contributed by atoms with van der Waals surface area (Å²) in [4.78, 5) is 11.0. The molecule has 1 aliphatic heterocycles. The molecule has 1 saturated heterocycles. The summed E-state index contributed by atoms with van der Waals surface area (Å²) >= 11 is 0. The van der Waals surface area contributed by atoms with Gasteiger partial charge in [-0.15, -0.1) is 13.2 Å². The topological polar surface area (TPSA) is 66.9 Å². The van der Waals surface area contributed by atoms with Crippen LogP contribution in [0.15, 0.2) is 24.4 Å². The van der Waals surface area contributed by atoms with Gasteiger partial charge in [-0.2, -0.15) is 5.10 Å². The van der Waals surface area contributed by atoms with E-state index >= 15 is 0 Å². The van der Waals surface area contributed by atoms with Crippen LogP contribution >= 0.6 is 0 Å². The second-order valence-electron chi connectivity index (χ2n) is 7.82. The summed E-state index contributed by atoms with van der Waals surface area (Å²) in [5.74, 6) is -1.39. The number of nitrogens with zero attached hydrogens (tertiary/aromatic N) is 4. The van der Waals surface area contributed by atoms with Crippen molar-refractivity contribution in [3.63, 3.8) is 0 Å². The Morgan fingerprint density at radius 2 is 1.97 bits per heavy atom. The summed E-state index contributed by atoms with van der Waals surface area (Å²) in [5, 5.41) is 6.73. The molecule has 1 fully saturated rings. The van der Waals surface area contributed by atoms with Crippen molar-refractivity contribution in [2.75, 3.05) is 18.0 Å². The minimum atomic E-state index is -4.99. The number of aromatic nitrogens is 4. The van der Waals surface area contributed by atoms with Crippen LogP contribution in [0.5, 0.6) is 5.75 Å². The number of anilines is 1. The summed E-state index contributed by atoms with van der Waals surface area (Å²) in [7, 11) is 0. The number of hydrogen-bond acceptors (Lipinski definition) is 5. The smallest absolute Gasteiger partial charge is 0.403 e. The maximum Gasteiger partial charge on any atom is 0.573 e. The summed E-state index contributed by atoms with van der Waals surface area (Å²) in [6.07, 6.45) is -0.189. The molecule has 10 heteroatoms. The molecule has 30 heavy (non-hydrogen) atoms. The zero-order valence-electron chi connectivity index (χ0n) is 16.6. The Labute approximate surface area is 170 Å². The van der Waals surface area contributed by atoms with Crippen molar-refractivity contribution in [1.82, 2.24) is 20.2 Å². The van der Waals surface area contributed by atoms with E-state index in [1.165, 1.54) is 12.1 Å². The maximum absolute atomic E-state index is 14.6. The van der Waals surface area contributed by atoms with Gasteiger partial charge in [-0.25, -0.2) is 14.4 Å². The van der Waals surface area contributed by atoms with E-state index < -0.39 is 17.9 Å². The molecular weight excluding hydrogens is 402 g/mol. The van der Waals surface area contributed by atoms with E-state index in [4.69, 9.17) is 0 Å². The molecule has 3 aromatic rings. The summed E-state index contributed by atoms with van der Waals surface area (Å²) in [6.45, 7) is 6.19. The lowest BCUT2D eigenvalue weighted by Gasteiger charge is -2.39. The molecule has 0 radical (unpaired) electrons. The molecule has 0 atom stereocenters. The third-order valence-corrected chi connectivity index (χ3v) is 5.86. The molecule has 0 saturated carbocycles. The Morgan fingerprint density at radius 3 is 2.63 bits per heavy atom. The zero-order chi connectivity index (χ0) is 21.5. The normalized spacial score (nSPS) is 16.8. The van der Waals surface area contributed by atoms with Crippen molar-refractivity contribution in [3.05, 3.63) is 30.2 Å². The fourth-order valence-electron chi connectivity index (χ4n) is 3.66. The van der Waals surface area contributed by atoms with Gasteiger partial charge in [0.15, 0.2) is 11.6 Å². The predicted octanol–water partition coefficient (Wildman–Crippen LogP) is 5.07. The van der Waals surface area contributed by atoms with Gasteiger partial charge in [-0.3, -0.25) is 5.10 Å². The lowest BCUT2D eigenvalue weighted by molar-refractivity contribution is -0.275.